The number of aromatic nitrogens is 1. The Labute approximate surface area is 96.7 Å². The van der Waals surface area contributed by atoms with E-state index < -0.39 is 0 Å². The van der Waals surface area contributed by atoms with Crippen molar-refractivity contribution >= 4 is 0 Å². The van der Waals surface area contributed by atoms with E-state index in [0.29, 0.717) is 12.5 Å². The highest BCUT2D eigenvalue weighted by Gasteiger charge is 2.22. The van der Waals surface area contributed by atoms with E-state index in [1.165, 1.54) is 30.5 Å². The second-order valence-electron chi connectivity index (χ2n) is 4.42. The Morgan fingerprint density at radius 3 is 3.12 bits per heavy atom. The van der Waals surface area contributed by atoms with Gasteiger partial charge < -0.3 is 0 Å². The van der Waals surface area contributed by atoms with E-state index in [-0.39, 0.29) is 0 Å². The van der Waals surface area contributed by atoms with Crippen LogP contribution in [-0.2, 0) is 6.42 Å². The van der Waals surface area contributed by atoms with Gasteiger partial charge in [0.1, 0.15) is 0 Å². The van der Waals surface area contributed by atoms with Crippen LogP contribution >= 0.6 is 0 Å². The summed E-state index contributed by atoms with van der Waals surface area (Å²) in [5.41, 5.74) is 2.48. The van der Waals surface area contributed by atoms with Gasteiger partial charge in [0.25, 0.3) is 0 Å². The fourth-order valence-electron chi connectivity index (χ4n) is 2.36. The number of hydrogen-bond donors (Lipinski definition) is 0. The highest BCUT2D eigenvalue weighted by Crippen LogP contribution is 2.30. The molecule has 0 aromatic carbocycles. The summed E-state index contributed by atoms with van der Waals surface area (Å²) < 4.78 is 0. The van der Waals surface area contributed by atoms with Crippen molar-refractivity contribution in [2.75, 3.05) is 13.6 Å². The third-order valence-electron chi connectivity index (χ3n) is 3.25. The molecule has 3 nitrogen and oxygen atoms in total. The third kappa shape index (κ3) is 2.40. The fraction of sp³-hybridized carbons (Fsp3) is 0.538. The van der Waals surface area contributed by atoms with Crippen LogP contribution < -0.4 is 0 Å². The first kappa shape index (κ1) is 11.1. The smallest absolute Gasteiger partial charge is 0.0625 e. The van der Waals surface area contributed by atoms with Gasteiger partial charge in [-0.15, -0.1) is 0 Å². The molecule has 0 spiro atoms. The summed E-state index contributed by atoms with van der Waals surface area (Å²) in [7, 11) is 2.17. The molecule has 84 valence electrons. The van der Waals surface area contributed by atoms with Gasteiger partial charge in [-0.3, -0.25) is 9.88 Å². The molecule has 0 N–H and O–H groups in total. The second-order valence-corrected chi connectivity index (χ2v) is 4.42. The minimum atomic E-state index is 0.523. The van der Waals surface area contributed by atoms with Crippen molar-refractivity contribution in [1.82, 2.24) is 9.88 Å². The largest absolute Gasteiger partial charge is 0.299 e. The Kier molecular flexibility index (Phi) is 3.53. The average Bonchev–Trinajstić information content (AvgIpc) is 2.73. The Hall–Kier alpha value is -1.40. The van der Waals surface area contributed by atoms with E-state index in [9.17, 15) is 0 Å². The minimum absolute atomic E-state index is 0.523. The van der Waals surface area contributed by atoms with Crippen LogP contribution in [0.3, 0.4) is 0 Å². The molecule has 1 saturated heterocycles. The molecular weight excluding hydrogens is 198 g/mol. The molecule has 16 heavy (non-hydrogen) atoms. The van der Waals surface area contributed by atoms with Crippen LogP contribution in [-0.4, -0.2) is 23.5 Å². The molecule has 0 aliphatic carbocycles. The molecule has 2 heterocycles. The predicted octanol–water partition coefficient (Wildman–Crippen LogP) is 2.30. The number of nitriles is 1. The van der Waals surface area contributed by atoms with Gasteiger partial charge in [0.05, 0.1) is 6.07 Å². The highest BCUT2D eigenvalue weighted by atomic mass is 15.1. The number of pyridine rings is 1. The van der Waals surface area contributed by atoms with Crippen molar-refractivity contribution < 1.29 is 0 Å². The van der Waals surface area contributed by atoms with Crippen LogP contribution in [0.4, 0.5) is 0 Å². The molecule has 1 unspecified atom stereocenters. The molecule has 1 fully saturated rings. The van der Waals surface area contributed by atoms with Crippen LogP contribution in [0, 0.1) is 11.3 Å². The lowest BCUT2D eigenvalue weighted by molar-refractivity contribution is 0.317. The van der Waals surface area contributed by atoms with E-state index in [1.54, 1.807) is 0 Å². The standard InChI is InChI=1S/C13H17N3/c1-16-7-3-5-13(16)12-8-11(4-2-6-14)9-15-10-12/h8-10,13H,2-5,7H2,1H3. The first-order valence-electron chi connectivity index (χ1n) is 5.82. The molecule has 0 bridgehead atoms. The zero-order valence-electron chi connectivity index (χ0n) is 9.69. The van der Waals surface area contributed by atoms with Crippen molar-refractivity contribution in [3.63, 3.8) is 0 Å². The summed E-state index contributed by atoms with van der Waals surface area (Å²) in [6.45, 7) is 1.17. The van der Waals surface area contributed by atoms with E-state index >= 15 is 0 Å². The van der Waals surface area contributed by atoms with Gasteiger partial charge in [-0.25, -0.2) is 0 Å². The summed E-state index contributed by atoms with van der Waals surface area (Å²) in [6.07, 6.45) is 7.71. The van der Waals surface area contributed by atoms with Gasteiger partial charge >= 0.3 is 0 Å². The van der Waals surface area contributed by atoms with Crippen molar-refractivity contribution in [1.29, 1.82) is 5.26 Å². The highest BCUT2D eigenvalue weighted by molar-refractivity contribution is 5.22. The minimum Gasteiger partial charge on any atom is -0.299 e. The Morgan fingerprint density at radius 1 is 1.56 bits per heavy atom. The first-order chi connectivity index (χ1) is 7.81. The van der Waals surface area contributed by atoms with Crippen molar-refractivity contribution in [2.24, 2.45) is 0 Å². The number of hydrogen-bond acceptors (Lipinski definition) is 3. The van der Waals surface area contributed by atoms with Crippen LogP contribution in [0.25, 0.3) is 0 Å². The summed E-state index contributed by atoms with van der Waals surface area (Å²) in [5, 5.41) is 8.57. The van der Waals surface area contributed by atoms with Crippen LogP contribution in [0.1, 0.15) is 36.4 Å². The number of nitrogens with zero attached hydrogens (tertiary/aromatic N) is 3. The lowest BCUT2D eigenvalue weighted by Crippen LogP contribution is -2.17. The lowest BCUT2D eigenvalue weighted by atomic mass is 10.0. The summed E-state index contributed by atoms with van der Waals surface area (Å²) in [5.74, 6) is 0. The molecule has 0 saturated carbocycles. The number of rotatable bonds is 3. The molecule has 1 aromatic rings. The predicted molar refractivity (Wildman–Crippen MR) is 62.8 cm³/mol. The third-order valence-corrected chi connectivity index (χ3v) is 3.25. The molecule has 1 aromatic heterocycles. The zero-order valence-corrected chi connectivity index (χ0v) is 9.69. The second kappa shape index (κ2) is 5.09. The Bertz CT molecular complexity index is 394. The molecule has 1 aliphatic heterocycles. The fourth-order valence-corrected chi connectivity index (χ4v) is 2.36. The molecule has 1 aliphatic rings. The Morgan fingerprint density at radius 2 is 2.44 bits per heavy atom. The normalized spacial score (nSPS) is 20.9. The van der Waals surface area contributed by atoms with Crippen molar-refractivity contribution in [3.8, 4) is 6.07 Å². The van der Waals surface area contributed by atoms with Crippen molar-refractivity contribution in [2.45, 2.75) is 31.7 Å². The van der Waals surface area contributed by atoms with Gasteiger partial charge in [-0.1, -0.05) is 6.07 Å². The zero-order chi connectivity index (χ0) is 11.4. The van der Waals surface area contributed by atoms with Gasteiger partial charge in [-0.2, -0.15) is 5.26 Å². The van der Waals surface area contributed by atoms with Gasteiger partial charge in [0, 0.05) is 24.9 Å². The maximum absolute atomic E-state index is 8.57. The molecule has 3 heteroatoms. The molecule has 2 rings (SSSR count). The molecular formula is C13H17N3. The quantitative estimate of drug-likeness (QED) is 0.776. The van der Waals surface area contributed by atoms with E-state index in [1.807, 2.05) is 12.4 Å². The molecule has 0 radical (unpaired) electrons. The molecule has 1 atom stereocenters. The Balaban J connectivity index is 2.12. The first-order valence-corrected chi connectivity index (χ1v) is 5.82. The van der Waals surface area contributed by atoms with E-state index in [2.05, 4.69) is 29.1 Å². The maximum Gasteiger partial charge on any atom is 0.0625 e. The molecule has 0 amide bonds. The summed E-state index contributed by atoms with van der Waals surface area (Å²) in [6, 6.07) is 4.90. The number of likely N-dealkylation sites (tertiary alicyclic amines) is 1. The number of aryl methyl sites for hydroxylation is 1. The van der Waals surface area contributed by atoms with Crippen LogP contribution in [0.5, 0.6) is 0 Å². The SMILES string of the molecule is CN1CCCC1c1cncc(CCC#N)c1. The monoisotopic (exact) mass is 215 g/mol. The van der Waals surface area contributed by atoms with Crippen molar-refractivity contribution in [3.05, 3.63) is 29.6 Å². The average molecular weight is 215 g/mol. The van der Waals surface area contributed by atoms with Gasteiger partial charge in [0.2, 0.25) is 0 Å². The maximum atomic E-state index is 8.57. The lowest BCUT2D eigenvalue weighted by Gasteiger charge is -2.19. The van der Waals surface area contributed by atoms with Crippen LogP contribution in [0.15, 0.2) is 18.5 Å². The van der Waals surface area contributed by atoms with Gasteiger partial charge in [-0.05, 0) is 44.0 Å². The summed E-state index contributed by atoms with van der Waals surface area (Å²) >= 11 is 0. The van der Waals surface area contributed by atoms with Gasteiger partial charge in [0.15, 0.2) is 0 Å². The topological polar surface area (TPSA) is 39.9 Å². The summed E-state index contributed by atoms with van der Waals surface area (Å²) in [4.78, 5) is 6.66. The van der Waals surface area contributed by atoms with Crippen LogP contribution in [0.2, 0.25) is 0 Å². The van der Waals surface area contributed by atoms with E-state index in [4.69, 9.17) is 5.26 Å². The van der Waals surface area contributed by atoms with E-state index in [0.717, 1.165) is 6.42 Å².